The van der Waals surface area contributed by atoms with Gasteiger partial charge in [-0.25, -0.2) is 0 Å². The Kier molecular flexibility index (Phi) is 16.1. The summed E-state index contributed by atoms with van der Waals surface area (Å²) < 4.78 is 96.2. The van der Waals surface area contributed by atoms with Crippen molar-refractivity contribution < 1.29 is 63.8 Å². The van der Waals surface area contributed by atoms with Gasteiger partial charge in [-0.2, -0.15) is 21.6 Å². The number of pyridine rings is 2. The van der Waals surface area contributed by atoms with Gasteiger partial charge < -0.3 is 32.6 Å². The molecule has 2 aromatic heterocycles. The Morgan fingerprint density at radius 1 is 0.696 bits per heavy atom. The molecule has 56 heavy (non-hydrogen) atoms. The van der Waals surface area contributed by atoms with Gasteiger partial charge in [0.2, 0.25) is 0 Å². The Hall–Kier alpha value is -5.80. The van der Waals surface area contributed by atoms with Crippen LogP contribution in [0.5, 0.6) is 28.7 Å². The molecule has 4 rings (SSSR count). The summed E-state index contributed by atoms with van der Waals surface area (Å²) in [7, 11) is -4.37. The van der Waals surface area contributed by atoms with E-state index in [9.17, 15) is 31.2 Å². The SMILES string of the molecule is COc1ccc(COc2cnc(COC(C)=O)cc2C#C[Si](C)(C)C)cc1.COc1ccc(COc2cnc(COC(C)=O)cc2OS(=O)(=O)C(F)(F)F)cc1. The molecule has 2 heterocycles. The van der Waals surface area contributed by atoms with Crippen molar-refractivity contribution >= 4 is 30.1 Å². The van der Waals surface area contributed by atoms with E-state index in [4.69, 9.17) is 23.7 Å². The van der Waals surface area contributed by atoms with Crippen LogP contribution in [0, 0.1) is 11.5 Å². The average Bonchev–Trinajstić information content (AvgIpc) is 3.14. The first-order valence-electron chi connectivity index (χ1n) is 16.6. The van der Waals surface area contributed by atoms with E-state index in [1.165, 1.54) is 14.0 Å². The fourth-order valence-corrected chi connectivity index (χ4v) is 5.00. The minimum absolute atomic E-state index is 0.0376. The molecule has 0 saturated carbocycles. The summed E-state index contributed by atoms with van der Waals surface area (Å²) in [6.07, 6.45) is 2.61. The molecule has 0 unspecified atom stereocenters. The summed E-state index contributed by atoms with van der Waals surface area (Å²) in [6, 6.07) is 17.0. The number of methoxy groups -OCH3 is 2. The number of nitrogens with zero attached hydrogens (tertiary/aromatic N) is 2. The van der Waals surface area contributed by atoms with Crippen molar-refractivity contribution in [2.45, 2.75) is 65.4 Å². The monoisotopic (exact) mass is 818 g/mol. The predicted molar refractivity (Wildman–Crippen MR) is 200 cm³/mol. The van der Waals surface area contributed by atoms with Crippen LogP contribution in [0.4, 0.5) is 13.2 Å². The molecule has 0 spiro atoms. The summed E-state index contributed by atoms with van der Waals surface area (Å²) >= 11 is 0. The Morgan fingerprint density at radius 3 is 1.57 bits per heavy atom. The van der Waals surface area contributed by atoms with Crippen LogP contribution in [0.1, 0.15) is 41.9 Å². The maximum absolute atomic E-state index is 12.7. The van der Waals surface area contributed by atoms with E-state index in [0.29, 0.717) is 29.4 Å². The Balaban J connectivity index is 0.000000301. The van der Waals surface area contributed by atoms with Gasteiger partial charge in [0.25, 0.3) is 0 Å². The number of esters is 2. The summed E-state index contributed by atoms with van der Waals surface area (Å²) in [4.78, 5) is 30.1. The van der Waals surface area contributed by atoms with Gasteiger partial charge in [-0.1, -0.05) is 49.8 Å². The molecule has 0 amide bonds. The highest BCUT2D eigenvalue weighted by Crippen LogP contribution is 2.34. The number of hydrogen-bond acceptors (Lipinski definition) is 13. The number of alkyl halides is 3. The molecule has 0 N–H and O–H groups in total. The van der Waals surface area contributed by atoms with Gasteiger partial charge in [0.1, 0.15) is 46.0 Å². The number of halogens is 3. The topological polar surface area (TPSA) is 159 Å². The van der Waals surface area contributed by atoms with Crippen molar-refractivity contribution in [1.82, 2.24) is 9.97 Å². The van der Waals surface area contributed by atoms with Crippen molar-refractivity contribution in [2.75, 3.05) is 14.2 Å². The van der Waals surface area contributed by atoms with Crippen LogP contribution in [-0.2, 0) is 55.6 Å². The minimum Gasteiger partial charge on any atom is -0.497 e. The summed E-state index contributed by atoms with van der Waals surface area (Å²) in [5, 5.41) is 0. The molecule has 0 saturated heterocycles. The van der Waals surface area contributed by atoms with E-state index in [0.717, 1.165) is 36.1 Å². The van der Waals surface area contributed by atoms with Crippen molar-refractivity contribution in [3.63, 3.8) is 0 Å². The van der Waals surface area contributed by atoms with Crippen molar-refractivity contribution in [2.24, 2.45) is 0 Å². The van der Waals surface area contributed by atoms with E-state index < -0.39 is 42.0 Å². The molecular formula is C38H41F3N2O11SSi. The third-order valence-electron chi connectivity index (χ3n) is 6.82. The summed E-state index contributed by atoms with van der Waals surface area (Å²) in [6.45, 7) is 9.05. The number of carbonyl (C=O) groups excluding carboxylic acids is 2. The third-order valence-corrected chi connectivity index (χ3v) is 8.66. The summed E-state index contributed by atoms with van der Waals surface area (Å²) in [5.41, 5.74) is 0.699. The van der Waals surface area contributed by atoms with Crippen LogP contribution in [0.15, 0.2) is 73.1 Å². The van der Waals surface area contributed by atoms with E-state index in [1.807, 2.05) is 30.3 Å². The van der Waals surface area contributed by atoms with E-state index in [-0.39, 0.29) is 30.6 Å². The van der Waals surface area contributed by atoms with Crippen LogP contribution < -0.4 is 23.1 Å². The predicted octanol–water partition coefficient (Wildman–Crippen LogP) is 6.92. The van der Waals surface area contributed by atoms with Gasteiger partial charge in [0, 0.05) is 19.9 Å². The zero-order chi connectivity index (χ0) is 41.5. The third kappa shape index (κ3) is 15.1. The lowest BCUT2D eigenvalue weighted by molar-refractivity contribution is -0.143. The maximum Gasteiger partial charge on any atom is 0.534 e. The first-order valence-corrected chi connectivity index (χ1v) is 21.5. The minimum atomic E-state index is -5.95. The molecule has 0 bridgehead atoms. The number of carbonyl (C=O) groups is 2. The van der Waals surface area contributed by atoms with Crippen molar-refractivity contribution in [3.05, 3.63) is 101 Å². The second-order valence-corrected chi connectivity index (χ2v) is 18.9. The highest BCUT2D eigenvalue weighted by molar-refractivity contribution is 7.88. The molecule has 0 aliphatic carbocycles. The Bertz CT molecular complexity index is 2110. The number of ether oxygens (including phenoxy) is 6. The molecule has 0 aliphatic heterocycles. The van der Waals surface area contributed by atoms with E-state index in [1.54, 1.807) is 37.6 Å². The number of benzene rings is 2. The zero-order valence-electron chi connectivity index (χ0n) is 31.7. The van der Waals surface area contributed by atoms with Gasteiger partial charge in [0.05, 0.1) is 43.6 Å². The van der Waals surface area contributed by atoms with Crippen LogP contribution in [0.25, 0.3) is 0 Å². The average molecular weight is 819 g/mol. The zero-order valence-corrected chi connectivity index (χ0v) is 33.5. The van der Waals surface area contributed by atoms with Crippen LogP contribution in [0.3, 0.4) is 0 Å². The van der Waals surface area contributed by atoms with Gasteiger partial charge in [0.15, 0.2) is 17.2 Å². The van der Waals surface area contributed by atoms with Crippen LogP contribution in [0.2, 0.25) is 19.6 Å². The lowest BCUT2D eigenvalue weighted by atomic mass is 10.2. The molecular weight excluding hydrogens is 778 g/mol. The molecule has 13 nitrogen and oxygen atoms in total. The highest BCUT2D eigenvalue weighted by Gasteiger charge is 2.49. The number of hydrogen-bond donors (Lipinski definition) is 0. The second kappa shape index (κ2) is 20.2. The summed E-state index contributed by atoms with van der Waals surface area (Å²) in [5.74, 6) is 3.14. The quantitative estimate of drug-likeness (QED) is 0.0425. The second-order valence-electron chi connectivity index (χ2n) is 12.6. The molecule has 0 aliphatic rings. The lowest BCUT2D eigenvalue weighted by Gasteiger charge is -2.14. The van der Waals surface area contributed by atoms with Crippen LogP contribution in [-0.4, -0.2) is 58.1 Å². The standard InChI is InChI=1S/C21H25NO4Si.C17H16F3NO7S/c1-16(23)25-15-19-12-18(10-11-27(3,4)5)21(13-22-19)26-14-17-6-8-20(24-2)9-7-17;1-11(22)26-10-13-7-15(28-29(23,24)17(18,19)20)16(8-21-13)27-9-12-3-5-14(25-2)6-4-12/h6-9,12-13H,14-15H2,1-5H3;3-8H,9-10H2,1-2H3. The van der Waals surface area contributed by atoms with E-state index in [2.05, 4.69) is 50.0 Å². The van der Waals surface area contributed by atoms with Gasteiger partial charge >= 0.3 is 27.6 Å². The molecule has 18 heteroatoms. The largest absolute Gasteiger partial charge is 0.534 e. The van der Waals surface area contributed by atoms with Gasteiger partial charge in [-0.05, 0) is 41.5 Å². The molecule has 0 radical (unpaired) electrons. The van der Waals surface area contributed by atoms with Crippen molar-refractivity contribution in [1.29, 1.82) is 0 Å². The lowest BCUT2D eigenvalue weighted by Crippen LogP contribution is -2.28. The van der Waals surface area contributed by atoms with Crippen LogP contribution >= 0.6 is 0 Å². The normalized spacial score (nSPS) is 11.1. The fourth-order valence-electron chi connectivity index (χ4n) is 4.03. The molecule has 2 aromatic carbocycles. The highest BCUT2D eigenvalue weighted by atomic mass is 32.2. The molecule has 4 aromatic rings. The smallest absolute Gasteiger partial charge is 0.497 e. The first kappa shape index (κ1) is 44.6. The Labute approximate surface area is 324 Å². The fraction of sp³-hybridized carbons (Fsp3) is 0.316. The number of rotatable bonds is 14. The van der Waals surface area contributed by atoms with Gasteiger partial charge in [-0.15, -0.1) is 5.54 Å². The first-order chi connectivity index (χ1) is 26.3. The van der Waals surface area contributed by atoms with Crippen molar-refractivity contribution in [3.8, 4) is 40.2 Å². The van der Waals surface area contributed by atoms with E-state index >= 15 is 0 Å². The molecule has 0 fully saturated rings. The van der Waals surface area contributed by atoms with Gasteiger partial charge in [-0.3, -0.25) is 19.6 Å². The Morgan fingerprint density at radius 2 is 1.14 bits per heavy atom. The maximum atomic E-state index is 12.7. The number of aromatic nitrogens is 2. The molecule has 300 valence electrons. The molecule has 0 atom stereocenters.